The lowest BCUT2D eigenvalue weighted by atomic mass is 9.86. The van der Waals surface area contributed by atoms with E-state index in [1.165, 1.54) is 13.2 Å². The van der Waals surface area contributed by atoms with Crippen LogP contribution in [0.25, 0.3) is 0 Å². The number of amides is 1. The van der Waals surface area contributed by atoms with E-state index in [1.807, 2.05) is 0 Å². The highest BCUT2D eigenvalue weighted by atomic mass is 35.5. The van der Waals surface area contributed by atoms with Crippen LogP contribution in [0.1, 0.15) is 23.2 Å². The predicted octanol–water partition coefficient (Wildman–Crippen LogP) is 2.34. The summed E-state index contributed by atoms with van der Waals surface area (Å²) in [5, 5.41) is 11.8. The predicted molar refractivity (Wildman–Crippen MR) is 85.0 cm³/mol. The second-order valence-corrected chi connectivity index (χ2v) is 5.98. The quantitative estimate of drug-likeness (QED) is 0.814. The van der Waals surface area contributed by atoms with E-state index in [2.05, 4.69) is 5.32 Å². The molecule has 1 aromatic carbocycles. The van der Waals surface area contributed by atoms with Crippen LogP contribution in [0.5, 0.6) is 5.75 Å². The van der Waals surface area contributed by atoms with Gasteiger partial charge in [-0.05, 0) is 24.8 Å². The van der Waals surface area contributed by atoms with Gasteiger partial charge in [0.15, 0.2) is 0 Å². The van der Waals surface area contributed by atoms with Crippen LogP contribution in [-0.4, -0.2) is 43.9 Å². The van der Waals surface area contributed by atoms with Crippen LogP contribution in [0.3, 0.4) is 0 Å². The fourth-order valence-corrected chi connectivity index (χ4v) is 3.03. The smallest absolute Gasteiger partial charge is 0.308 e. The number of carboxylic acids is 1. The molecule has 1 saturated heterocycles. The van der Waals surface area contributed by atoms with Crippen molar-refractivity contribution >= 4 is 23.5 Å². The number of benzene rings is 1. The first-order valence-electron chi connectivity index (χ1n) is 7.55. The van der Waals surface area contributed by atoms with Gasteiger partial charge in [0, 0.05) is 25.8 Å². The second-order valence-electron chi connectivity index (χ2n) is 5.57. The second kappa shape index (κ2) is 8.30. The minimum Gasteiger partial charge on any atom is -0.497 e. The number of hydrogen-bond acceptors (Lipinski definition) is 4. The van der Waals surface area contributed by atoms with E-state index in [4.69, 9.17) is 21.1 Å². The van der Waals surface area contributed by atoms with Gasteiger partial charge in [-0.15, -0.1) is 0 Å². The van der Waals surface area contributed by atoms with Crippen molar-refractivity contribution in [2.24, 2.45) is 11.8 Å². The van der Waals surface area contributed by atoms with E-state index in [1.54, 1.807) is 0 Å². The summed E-state index contributed by atoms with van der Waals surface area (Å²) >= 11 is 5.92. The van der Waals surface area contributed by atoms with Crippen molar-refractivity contribution in [3.63, 3.8) is 0 Å². The topological polar surface area (TPSA) is 84.9 Å². The molecule has 1 heterocycles. The first kappa shape index (κ1) is 18.5. The summed E-state index contributed by atoms with van der Waals surface area (Å²) in [6.07, 6.45) is 1.23. The molecule has 1 aliphatic rings. The highest BCUT2D eigenvalue weighted by Crippen LogP contribution is 2.27. The van der Waals surface area contributed by atoms with Crippen molar-refractivity contribution in [1.29, 1.82) is 0 Å². The number of carbonyl (C=O) groups is 2. The molecule has 1 atom stereocenters. The number of aliphatic carboxylic acids is 1. The van der Waals surface area contributed by atoms with Crippen molar-refractivity contribution in [2.45, 2.75) is 12.8 Å². The zero-order valence-corrected chi connectivity index (χ0v) is 13.9. The van der Waals surface area contributed by atoms with Gasteiger partial charge >= 0.3 is 5.97 Å². The summed E-state index contributed by atoms with van der Waals surface area (Å²) in [4.78, 5) is 23.7. The number of carboxylic acid groups (broad SMARTS) is 1. The van der Waals surface area contributed by atoms with Gasteiger partial charge in [0.2, 0.25) is 0 Å². The molecule has 132 valence electrons. The maximum Gasteiger partial charge on any atom is 0.308 e. The first-order chi connectivity index (χ1) is 11.4. The Kier molecular flexibility index (Phi) is 6.39. The summed E-state index contributed by atoms with van der Waals surface area (Å²) in [6.45, 7) is 0.906. The van der Waals surface area contributed by atoms with Gasteiger partial charge in [-0.1, -0.05) is 11.6 Å². The Balaban J connectivity index is 2.07. The molecule has 2 N–H and O–H groups in total. The minimum absolute atomic E-state index is 0.0901. The molecular formula is C16H19ClFNO5. The molecule has 1 aromatic rings. The third kappa shape index (κ3) is 4.36. The van der Waals surface area contributed by atoms with Gasteiger partial charge in [-0.25, -0.2) is 4.39 Å². The molecule has 6 nitrogen and oxygen atoms in total. The normalized spacial score (nSPS) is 16.5. The van der Waals surface area contributed by atoms with Gasteiger partial charge < -0.3 is 19.9 Å². The SMILES string of the molecule is COc1cc(F)c(C(=O)NCC(C(=O)O)C2CCOCC2)c(Cl)c1. The molecule has 24 heavy (non-hydrogen) atoms. The van der Waals surface area contributed by atoms with Gasteiger partial charge in [-0.2, -0.15) is 0 Å². The number of hydrogen-bond donors (Lipinski definition) is 2. The summed E-state index contributed by atoms with van der Waals surface area (Å²) < 4.78 is 24.1. The Hall–Kier alpha value is -1.86. The standard InChI is InChI=1S/C16H19ClFNO5/c1-23-10-6-12(17)14(13(18)7-10)15(20)19-8-11(16(21)22)9-2-4-24-5-3-9/h6-7,9,11H,2-5,8H2,1H3,(H,19,20)(H,21,22). The van der Waals surface area contributed by atoms with E-state index in [9.17, 15) is 19.1 Å². The maximum atomic E-state index is 14.0. The summed E-state index contributed by atoms with van der Waals surface area (Å²) in [7, 11) is 1.36. The Morgan fingerprint density at radius 3 is 2.67 bits per heavy atom. The first-order valence-corrected chi connectivity index (χ1v) is 7.93. The monoisotopic (exact) mass is 359 g/mol. The maximum absolute atomic E-state index is 14.0. The minimum atomic E-state index is -0.997. The molecule has 1 unspecified atom stereocenters. The summed E-state index contributed by atoms with van der Waals surface area (Å²) in [5.74, 6) is -3.22. The van der Waals surface area contributed by atoms with E-state index in [-0.39, 0.29) is 28.8 Å². The zero-order valence-electron chi connectivity index (χ0n) is 13.2. The number of nitrogens with one attached hydrogen (secondary N) is 1. The number of carbonyl (C=O) groups excluding carboxylic acids is 1. The van der Waals surface area contributed by atoms with E-state index in [0.717, 1.165) is 6.07 Å². The molecule has 2 rings (SSSR count). The lowest BCUT2D eigenvalue weighted by Gasteiger charge is -2.27. The third-order valence-electron chi connectivity index (χ3n) is 4.11. The summed E-state index contributed by atoms with van der Waals surface area (Å²) in [6, 6.07) is 2.38. The molecular weight excluding hydrogens is 341 g/mol. The zero-order chi connectivity index (χ0) is 17.7. The Morgan fingerprint density at radius 1 is 1.46 bits per heavy atom. The lowest BCUT2D eigenvalue weighted by molar-refractivity contribution is -0.144. The summed E-state index contributed by atoms with van der Waals surface area (Å²) in [5.41, 5.74) is -0.325. The molecule has 1 aliphatic heterocycles. The molecule has 0 aliphatic carbocycles. The van der Waals surface area contributed by atoms with Gasteiger partial charge in [0.1, 0.15) is 11.6 Å². The van der Waals surface area contributed by atoms with Crippen molar-refractivity contribution in [1.82, 2.24) is 5.32 Å². The van der Waals surface area contributed by atoms with Crippen LogP contribution >= 0.6 is 11.6 Å². The lowest BCUT2D eigenvalue weighted by Crippen LogP contribution is -2.39. The molecule has 8 heteroatoms. The van der Waals surface area contributed by atoms with Crippen molar-refractivity contribution < 1.29 is 28.6 Å². The van der Waals surface area contributed by atoms with E-state index >= 15 is 0 Å². The molecule has 1 fully saturated rings. The molecule has 0 radical (unpaired) electrons. The largest absolute Gasteiger partial charge is 0.497 e. The van der Waals surface area contributed by atoms with E-state index in [0.29, 0.717) is 26.1 Å². The van der Waals surface area contributed by atoms with Crippen LogP contribution < -0.4 is 10.1 Å². The Morgan fingerprint density at radius 2 is 2.12 bits per heavy atom. The number of ether oxygens (including phenoxy) is 2. The highest BCUT2D eigenvalue weighted by molar-refractivity contribution is 6.34. The van der Waals surface area contributed by atoms with Crippen molar-refractivity contribution in [3.05, 3.63) is 28.5 Å². The molecule has 1 amide bonds. The third-order valence-corrected chi connectivity index (χ3v) is 4.41. The highest BCUT2D eigenvalue weighted by Gasteiger charge is 2.30. The molecule has 0 spiro atoms. The molecule has 0 bridgehead atoms. The molecule has 0 aromatic heterocycles. The fraction of sp³-hybridized carbons (Fsp3) is 0.500. The van der Waals surface area contributed by atoms with Crippen LogP contribution in [0.4, 0.5) is 4.39 Å². The van der Waals surface area contributed by atoms with Crippen LogP contribution in [0, 0.1) is 17.7 Å². The number of methoxy groups -OCH3 is 1. The van der Waals surface area contributed by atoms with Gasteiger partial charge in [-0.3, -0.25) is 9.59 Å². The number of halogens is 2. The van der Waals surface area contributed by atoms with Crippen molar-refractivity contribution in [3.8, 4) is 5.75 Å². The average Bonchev–Trinajstić information content (AvgIpc) is 2.55. The Bertz CT molecular complexity index is 595. The Labute approximate surface area is 143 Å². The van der Waals surface area contributed by atoms with Crippen LogP contribution in [0.2, 0.25) is 5.02 Å². The molecule has 0 saturated carbocycles. The van der Waals surface area contributed by atoms with Crippen molar-refractivity contribution in [2.75, 3.05) is 26.9 Å². The average molecular weight is 360 g/mol. The van der Waals surface area contributed by atoms with Gasteiger partial charge in [0.25, 0.3) is 5.91 Å². The van der Waals surface area contributed by atoms with Crippen LogP contribution in [0.15, 0.2) is 12.1 Å². The van der Waals surface area contributed by atoms with Crippen LogP contribution in [-0.2, 0) is 9.53 Å². The van der Waals surface area contributed by atoms with Gasteiger partial charge in [0.05, 0.1) is 23.6 Å². The van der Waals surface area contributed by atoms with E-state index < -0.39 is 23.6 Å². The fourth-order valence-electron chi connectivity index (χ4n) is 2.75. The number of rotatable bonds is 6.